The number of aromatic nitrogens is 1. The fourth-order valence-electron chi connectivity index (χ4n) is 6.01. The van der Waals surface area contributed by atoms with E-state index < -0.39 is 0 Å². The van der Waals surface area contributed by atoms with Gasteiger partial charge >= 0.3 is 0 Å². The Labute approximate surface area is 212 Å². The van der Waals surface area contributed by atoms with Crippen LogP contribution in [0, 0.1) is 5.92 Å². The topological polar surface area (TPSA) is 4.93 Å². The maximum atomic E-state index is 2.42. The summed E-state index contributed by atoms with van der Waals surface area (Å²) in [5, 5.41) is 2.65. The van der Waals surface area contributed by atoms with Crippen molar-refractivity contribution in [1.82, 2.24) is 4.57 Å². The van der Waals surface area contributed by atoms with Crippen LogP contribution in [-0.2, 0) is 12.8 Å². The van der Waals surface area contributed by atoms with Crippen molar-refractivity contribution >= 4 is 21.8 Å². The average Bonchev–Trinajstić information content (AvgIpc) is 3.43. The van der Waals surface area contributed by atoms with E-state index in [1.807, 2.05) is 0 Å². The molecule has 1 heteroatoms. The van der Waals surface area contributed by atoms with Gasteiger partial charge < -0.3 is 4.57 Å². The minimum absolute atomic E-state index is 0.634. The summed E-state index contributed by atoms with van der Waals surface area (Å²) in [6, 6.07) is 40.6. The van der Waals surface area contributed by atoms with Crippen molar-refractivity contribution in [1.29, 1.82) is 0 Å². The highest BCUT2D eigenvalue weighted by molar-refractivity contribution is 6.10. The summed E-state index contributed by atoms with van der Waals surface area (Å²) < 4.78 is 2.41. The maximum absolute atomic E-state index is 2.42. The minimum atomic E-state index is 0.634. The third kappa shape index (κ3) is 3.38. The molecular weight excluding hydrogens is 434 g/mol. The number of para-hydroxylation sites is 1. The Balaban J connectivity index is 1.44. The minimum Gasteiger partial charge on any atom is -0.309 e. The number of rotatable bonds is 4. The van der Waals surface area contributed by atoms with E-state index in [0.29, 0.717) is 5.92 Å². The van der Waals surface area contributed by atoms with Gasteiger partial charge in [-0.3, -0.25) is 0 Å². The molecule has 0 radical (unpaired) electrons. The lowest BCUT2D eigenvalue weighted by Gasteiger charge is -2.09. The van der Waals surface area contributed by atoms with Gasteiger partial charge in [-0.2, -0.15) is 0 Å². The number of benzene rings is 5. The van der Waals surface area contributed by atoms with Crippen LogP contribution in [0.3, 0.4) is 0 Å². The molecule has 0 bridgehead atoms. The predicted molar refractivity (Wildman–Crippen MR) is 153 cm³/mol. The molecule has 1 aromatic heterocycles. The summed E-state index contributed by atoms with van der Waals surface area (Å²) in [4.78, 5) is 0. The zero-order valence-electron chi connectivity index (χ0n) is 20.8. The van der Waals surface area contributed by atoms with E-state index in [1.54, 1.807) is 0 Å². The summed E-state index contributed by atoms with van der Waals surface area (Å²) in [6.07, 6.45) is 2.13. The molecule has 0 amide bonds. The molecule has 5 aromatic carbocycles. The van der Waals surface area contributed by atoms with Crippen molar-refractivity contribution < 1.29 is 0 Å². The molecule has 0 unspecified atom stereocenters. The van der Waals surface area contributed by atoms with Gasteiger partial charge in [0, 0.05) is 16.5 Å². The summed E-state index contributed by atoms with van der Waals surface area (Å²) in [5.41, 5.74) is 13.3. The third-order valence-corrected chi connectivity index (χ3v) is 7.62. The highest BCUT2D eigenvalue weighted by Gasteiger charge is 2.19. The Morgan fingerprint density at radius 3 is 2.11 bits per heavy atom. The smallest absolute Gasteiger partial charge is 0.0541 e. The van der Waals surface area contributed by atoms with Gasteiger partial charge in [-0.15, -0.1) is 0 Å². The van der Waals surface area contributed by atoms with E-state index in [0.717, 1.165) is 12.8 Å². The fourth-order valence-corrected chi connectivity index (χ4v) is 6.01. The van der Waals surface area contributed by atoms with Crippen molar-refractivity contribution in [3.8, 4) is 27.9 Å². The van der Waals surface area contributed by atoms with Crippen LogP contribution in [0.2, 0.25) is 0 Å². The molecule has 1 aliphatic rings. The fraction of sp³-hybridized carbons (Fsp3) is 0.143. The Hall–Kier alpha value is -4.10. The molecule has 0 atom stereocenters. The van der Waals surface area contributed by atoms with Crippen LogP contribution in [0.15, 0.2) is 109 Å². The average molecular weight is 464 g/mol. The van der Waals surface area contributed by atoms with Gasteiger partial charge in [-0.05, 0) is 100 Å². The molecule has 0 saturated heterocycles. The molecule has 1 aliphatic carbocycles. The van der Waals surface area contributed by atoms with Gasteiger partial charge in [0.15, 0.2) is 0 Å². The van der Waals surface area contributed by atoms with E-state index in [4.69, 9.17) is 0 Å². The van der Waals surface area contributed by atoms with Crippen molar-refractivity contribution in [2.75, 3.05) is 0 Å². The molecule has 0 saturated carbocycles. The molecule has 0 fully saturated rings. The lowest BCUT2D eigenvalue weighted by molar-refractivity contribution is 0.648. The SMILES string of the molecule is CC(C)Cc1ccc2c(c1)c1cc(-c3ccc4c(c3)-c3ccccc3C4)ccc1n2-c1ccccc1. The Morgan fingerprint density at radius 2 is 1.28 bits per heavy atom. The molecule has 1 heterocycles. The Kier molecular flexibility index (Phi) is 4.85. The monoisotopic (exact) mass is 463 g/mol. The molecule has 36 heavy (non-hydrogen) atoms. The molecule has 7 rings (SSSR count). The molecular formula is C35H29N. The highest BCUT2D eigenvalue weighted by Crippen LogP contribution is 2.40. The normalized spacial score (nSPS) is 12.4. The molecule has 6 aromatic rings. The molecule has 0 N–H and O–H groups in total. The Morgan fingerprint density at radius 1 is 0.611 bits per heavy atom. The van der Waals surface area contributed by atoms with Crippen LogP contribution in [0.25, 0.3) is 49.7 Å². The zero-order valence-corrected chi connectivity index (χ0v) is 20.8. The van der Waals surface area contributed by atoms with E-state index in [9.17, 15) is 0 Å². The van der Waals surface area contributed by atoms with Crippen LogP contribution >= 0.6 is 0 Å². The van der Waals surface area contributed by atoms with Crippen molar-refractivity contribution in [2.24, 2.45) is 5.92 Å². The lowest BCUT2D eigenvalue weighted by atomic mass is 9.97. The van der Waals surface area contributed by atoms with Gasteiger partial charge in [-0.1, -0.05) is 80.6 Å². The summed E-state index contributed by atoms with van der Waals surface area (Å²) in [6.45, 7) is 4.59. The van der Waals surface area contributed by atoms with Crippen LogP contribution in [-0.4, -0.2) is 4.57 Å². The van der Waals surface area contributed by atoms with Gasteiger partial charge in [0.05, 0.1) is 11.0 Å². The molecule has 174 valence electrons. The van der Waals surface area contributed by atoms with E-state index in [1.165, 1.54) is 66.4 Å². The van der Waals surface area contributed by atoms with Crippen LogP contribution in [0.4, 0.5) is 0 Å². The second kappa shape index (κ2) is 8.24. The second-order valence-electron chi connectivity index (χ2n) is 10.6. The van der Waals surface area contributed by atoms with Gasteiger partial charge in [0.2, 0.25) is 0 Å². The summed E-state index contributed by atoms with van der Waals surface area (Å²) in [5.74, 6) is 0.634. The maximum Gasteiger partial charge on any atom is 0.0541 e. The van der Waals surface area contributed by atoms with Crippen molar-refractivity contribution in [3.63, 3.8) is 0 Å². The van der Waals surface area contributed by atoms with Gasteiger partial charge in [-0.25, -0.2) is 0 Å². The molecule has 1 nitrogen and oxygen atoms in total. The summed E-state index contributed by atoms with van der Waals surface area (Å²) in [7, 11) is 0. The van der Waals surface area contributed by atoms with Gasteiger partial charge in [0.1, 0.15) is 0 Å². The first-order valence-corrected chi connectivity index (χ1v) is 13.0. The first kappa shape index (κ1) is 21.2. The van der Waals surface area contributed by atoms with E-state index >= 15 is 0 Å². The molecule has 0 aliphatic heterocycles. The van der Waals surface area contributed by atoms with Crippen molar-refractivity contribution in [3.05, 3.63) is 126 Å². The first-order valence-electron chi connectivity index (χ1n) is 13.0. The number of fused-ring (bicyclic) bond motifs is 6. The van der Waals surface area contributed by atoms with Crippen LogP contribution < -0.4 is 0 Å². The number of nitrogens with zero attached hydrogens (tertiary/aromatic N) is 1. The lowest BCUT2D eigenvalue weighted by Crippen LogP contribution is -1.95. The quantitative estimate of drug-likeness (QED) is 0.245. The van der Waals surface area contributed by atoms with Gasteiger partial charge in [0.25, 0.3) is 0 Å². The van der Waals surface area contributed by atoms with Crippen LogP contribution in [0.1, 0.15) is 30.5 Å². The largest absolute Gasteiger partial charge is 0.309 e. The molecule has 0 spiro atoms. The predicted octanol–water partition coefficient (Wildman–Crippen LogP) is 9.22. The number of hydrogen-bond donors (Lipinski definition) is 0. The first-order chi connectivity index (χ1) is 17.7. The highest BCUT2D eigenvalue weighted by atomic mass is 15.0. The van der Waals surface area contributed by atoms with E-state index in [2.05, 4.69) is 128 Å². The zero-order chi connectivity index (χ0) is 24.2. The standard InChI is InChI=1S/C35H29N/c1-23(2)18-24-12-16-34-32(19-24)33-22-26(15-17-35(33)36(34)29-9-4-3-5-10-29)25-13-14-28-20-27-8-6-7-11-30(27)31(28)21-25/h3-17,19,21-23H,18,20H2,1-2H3. The number of hydrogen-bond acceptors (Lipinski definition) is 0. The second-order valence-corrected chi connectivity index (χ2v) is 10.6. The third-order valence-electron chi connectivity index (χ3n) is 7.62. The Bertz CT molecular complexity index is 1750. The van der Waals surface area contributed by atoms with Crippen molar-refractivity contribution in [2.45, 2.75) is 26.7 Å². The van der Waals surface area contributed by atoms with E-state index in [-0.39, 0.29) is 0 Å². The summed E-state index contributed by atoms with van der Waals surface area (Å²) >= 11 is 0. The van der Waals surface area contributed by atoms with Crippen LogP contribution in [0.5, 0.6) is 0 Å².